The first-order chi connectivity index (χ1) is 15.1. The average Bonchev–Trinajstić information content (AvgIpc) is 2.82. The number of carbonyl (C=O) groups is 3. The number of benzene rings is 3. The van der Waals surface area contributed by atoms with Crippen molar-refractivity contribution in [1.29, 1.82) is 0 Å². The molecule has 3 amide bonds. The summed E-state index contributed by atoms with van der Waals surface area (Å²) in [5.74, 6) is 0.159. The van der Waals surface area contributed by atoms with Crippen LogP contribution in [0.2, 0.25) is 0 Å². The Hall–Kier alpha value is -3.87. The third-order valence-corrected chi connectivity index (χ3v) is 5.71. The van der Waals surface area contributed by atoms with Crippen molar-refractivity contribution in [3.05, 3.63) is 71.8 Å². The minimum absolute atomic E-state index is 0.0178. The van der Waals surface area contributed by atoms with Gasteiger partial charge in [0.15, 0.2) is 6.61 Å². The summed E-state index contributed by atoms with van der Waals surface area (Å²) in [7, 11) is 0. The van der Waals surface area contributed by atoms with Crippen molar-refractivity contribution in [2.24, 2.45) is 0 Å². The summed E-state index contributed by atoms with van der Waals surface area (Å²) in [4.78, 5) is 40.8. The van der Waals surface area contributed by atoms with E-state index in [9.17, 15) is 14.4 Å². The standard InChI is InChI=1S/C24H21N3O4/c28-22-15-31-21-14-19(7-8-20(21)25-22)24(30)27-11-9-26(10-12-27)23(29)18-6-5-16-3-1-2-4-17(16)13-18/h1-8,13-14H,9-12,15H2,(H,25,28). The van der Waals surface area contributed by atoms with Gasteiger partial charge in [-0.3, -0.25) is 14.4 Å². The van der Waals surface area contributed by atoms with Crippen molar-refractivity contribution < 1.29 is 19.1 Å². The average molecular weight is 415 g/mol. The molecule has 1 saturated heterocycles. The molecule has 156 valence electrons. The van der Waals surface area contributed by atoms with Gasteiger partial charge in [0, 0.05) is 37.3 Å². The van der Waals surface area contributed by atoms with E-state index in [0.717, 1.165) is 10.8 Å². The second-order valence-corrected chi connectivity index (χ2v) is 7.69. The number of amides is 3. The number of ether oxygens (including phenoxy) is 1. The lowest BCUT2D eigenvalue weighted by molar-refractivity contribution is -0.118. The molecule has 1 N–H and O–H groups in total. The summed E-state index contributed by atoms with van der Waals surface area (Å²) in [6.07, 6.45) is 0. The molecule has 7 nitrogen and oxygen atoms in total. The fourth-order valence-corrected chi connectivity index (χ4v) is 4.01. The summed E-state index contributed by atoms with van der Waals surface area (Å²) < 4.78 is 5.41. The van der Waals surface area contributed by atoms with Crippen molar-refractivity contribution in [3.8, 4) is 5.75 Å². The van der Waals surface area contributed by atoms with E-state index in [1.807, 2.05) is 42.5 Å². The number of carbonyl (C=O) groups excluding carboxylic acids is 3. The van der Waals surface area contributed by atoms with E-state index in [-0.39, 0.29) is 24.3 Å². The number of hydrogen-bond donors (Lipinski definition) is 1. The predicted molar refractivity (Wildman–Crippen MR) is 116 cm³/mol. The van der Waals surface area contributed by atoms with Crippen LogP contribution < -0.4 is 10.1 Å². The van der Waals surface area contributed by atoms with Gasteiger partial charge in [-0.2, -0.15) is 0 Å². The minimum atomic E-state index is -0.209. The maximum absolute atomic E-state index is 12.9. The lowest BCUT2D eigenvalue weighted by Gasteiger charge is -2.35. The molecule has 3 aromatic carbocycles. The maximum atomic E-state index is 12.9. The smallest absolute Gasteiger partial charge is 0.262 e. The summed E-state index contributed by atoms with van der Waals surface area (Å²) in [6.45, 7) is 1.84. The monoisotopic (exact) mass is 415 g/mol. The number of fused-ring (bicyclic) bond motifs is 2. The second kappa shape index (κ2) is 7.75. The lowest BCUT2D eigenvalue weighted by atomic mass is 10.1. The van der Waals surface area contributed by atoms with Crippen LogP contribution in [0.4, 0.5) is 5.69 Å². The zero-order valence-electron chi connectivity index (χ0n) is 16.8. The molecule has 0 aliphatic carbocycles. The van der Waals surface area contributed by atoms with Gasteiger partial charge >= 0.3 is 0 Å². The number of piperazine rings is 1. The van der Waals surface area contributed by atoms with Crippen LogP contribution in [0.15, 0.2) is 60.7 Å². The van der Waals surface area contributed by atoms with E-state index in [1.165, 1.54) is 0 Å². The Kier molecular flexibility index (Phi) is 4.78. The van der Waals surface area contributed by atoms with Crippen LogP contribution in [0.25, 0.3) is 10.8 Å². The number of rotatable bonds is 2. The molecule has 2 aliphatic heterocycles. The molecular weight excluding hydrogens is 394 g/mol. The van der Waals surface area contributed by atoms with Crippen LogP contribution in [0.5, 0.6) is 5.75 Å². The molecule has 2 heterocycles. The van der Waals surface area contributed by atoms with Gasteiger partial charge in [0.1, 0.15) is 5.75 Å². The molecule has 0 atom stereocenters. The normalized spacial score (nSPS) is 15.8. The second-order valence-electron chi connectivity index (χ2n) is 7.69. The van der Waals surface area contributed by atoms with Gasteiger partial charge in [0.05, 0.1) is 5.69 Å². The van der Waals surface area contributed by atoms with Gasteiger partial charge in [-0.1, -0.05) is 30.3 Å². The largest absolute Gasteiger partial charge is 0.482 e. The number of nitrogens with zero attached hydrogens (tertiary/aromatic N) is 2. The van der Waals surface area contributed by atoms with E-state index in [1.54, 1.807) is 28.0 Å². The molecule has 3 aromatic rings. The zero-order valence-corrected chi connectivity index (χ0v) is 16.8. The first kappa shape index (κ1) is 19.1. The fraction of sp³-hybridized carbons (Fsp3) is 0.208. The van der Waals surface area contributed by atoms with Crippen LogP contribution in [0.1, 0.15) is 20.7 Å². The minimum Gasteiger partial charge on any atom is -0.482 e. The van der Waals surface area contributed by atoms with Crippen LogP contribution in [0.3, 0.4) is 0 Å². The number of nitrogens with one attached hydrogen (secondary N) is 1. The highest BCUT2D eigenvalue weighted by Gasteiger charge is 2.26. The molecular formula is C24H21N3O4. The molecule has 2 aliphatic rings. The van der Waals surface area contributed by atoms with Crippen molar-refractivity contribution in [1.82, 2.24) is 9.80 Å². The molecule has 1 fully saturated rings. The van der Waals surface area contributed by atoms with Crippen molar-refractivity contribution >= 4 is 34.2 Å². The Morgan fingerprint density at radius 3 is 2.10 bits per heavy atom. The molecule has 0 spiro atoms. The van der Waals surface area contributed by atoms with Crippen LogP contribution in [0, 0.1) is 0 Å². The lowest BCUT2D eigenvalue weighted by Crippen LogP contribution is -2.50. The highest BCUT2D eigenvalue weighted by Crippen LogP contribution is 2.29. The van der Waals surface area contributed by atoms with Gasteiger partial charge in [-0.15, -0.1) is 0 Å². The summed E-state index contributed by atoms with van der Waals surface area (Å²) in [6, 6.07) is 18.7. The third kappa shape index (κ3) is 3.70. The van der Waals surface area contributed by atoms with E-state index in [4.69, 9.17) is 4.74 Å². The molecule has 0 bridgehead atoms. The maximum Gasteiger partial charge on any atom is 0.262 e. The molecule has 5 rings (SSSR count). The number of hydrogen-bond acceptors (Lipinski definition) is 4. The van der Waals surface area contributed by atoms with Crippen LogP contribution >= 0.6 is 0 Å². The Balaban J connectivity index is 1.25. The fourth-order valence-electron chi connectivity index (χ4n) is 4.01. The zero-order chi connectivity index (χ0) is 21.4. The SMILES string of the molecule is O=C1COc2cc(C(=O)N3CCN(C(=O)c4ccc5ccccc5c4)CC3)ccc2N1. The predicted octanol–water partition coefficient (Wildman–Crippen LogP) is 2.77. The Morgan fingerprint density at radius 1 is 0.774 bits per heavy atom. The Morgan fingerprint density at radius 2 is 1.39 bits per heavy atom. The molecule has 0 radical (unpaired) electrons. The van der Waals surface area contributed by atoms with E-state index < -0.39 is 0 Å². The Bertz CT molecular complexity index is 1200. The summed E-state index contributed by atoms with van der Waals surface area (Å²) in [5.41, 5.74) is 1.73. The number of anilines is 1. The third-order valence-electron chi connectivity index (χ3n) is 5.71. The highest BCUT2D eigenvalue weighted by atomic mass is 16.5. The van der Waals surface area contributed by atoms with E-state index >= 15 is 0 Å². The van der Waals surface area contributed by atoms with Crippen molar-refractivity contribution in [3.63, 3.8) is 0 Å². The molecule has 0 unspecified atom stereocenters. The molecule has 31 heavy (non-hydrogen) atoms. The van der Waals surface area contributed by atoms with Crippen molar-refractivity contribution in [2.75, 3.05) is 38.1 Å². The van der Waals surface area contributed by atoms with Gasteiger partial charge < -0.3 is 19.9 Å². The molecule has 0 saturated carbocycles. The molecule has 0 aromatic heterocycles. The first-order valence-electron chi connectivity index (χ1n) is 10.2. The van der Waals surface area contributed by atoms with Gasteiger partial charge in [-0.25, -0.2) is 0 Å². The Labute approximate surface area is 179 Å². The molecule has 7 heteroatoms. The van der Waals surface area contributed by atoms with Crippen LogP contribution in [-0.2, 0) is 4.79 Å². The summed E-state index contributed by atoms with van der Waals surface area (Å²) in [5, 5.41) is 4.85. The van der Waals surface area contributed by atoms with E-state index in [0.29, 0.717) is 48.7 Å². The van der Waals surface area contributed by atoms with Crippen LogP contribution in [-0.4, -0.2) is 60.3 Å². The summed E-state index contributed by atoms with van der Waals surface area (Å²) >= 11 is 0. The van der Waals surface area contributed by atoms with Gasteiger partial charge in [0.2, 0.25) is 0 Å². The first-order valence-corrected chi connectivity index (χ1v) is 10.2. The van der Waals surface area contributed by atoms with E-state index in [2.05, 4.69) is 5.32 Å². The van der Waals surface area contributed by atoms with Gasteiger partial charge in [-0.05, 0) is 41.1 Å². The van der Waals surface area contributed by atoms with Gasteiger partial charge in [0.25, 0.3) is 17.7 Å². The topological polar surface area (TPSA) is 79.0 Å². The van der Waals surface area contributed by atoms with Crippen molar-refractivity contribution in [2.45, 2.75) is 0 Å². The highest BCUT2D eigenvalue weighted by molar-refractivity contribution is 6.00. The quantitative estimate of drug-likeness (QED) is 0.698.